The quantitative estimate of drug-likeness (QED) is 0.858. The summed E-state index contributed by atoms with van der Waals surface area (Å²) in [5.41, 5.74) is 1.29. The van der Waals surface area contributed by atoms with E-state index in [9.17, 15) is 0 Å². The normalized spacial score (nSPS) is 31.6. The smallest absolute Gasteiger partial charge is 0.0409 e. The number of hydrogen-bond donors (Lipinski definition) is 1. The van der Waals surface area contributed by atoms with Crippen LogP contribution < -0.4 is 5.32 Å². The van der Waals surface area contributed by atoms with Gasteiger partial charge in [0.2, 0.25) is 0 Å². The van der Waals surface area contributed by atoms with Crippen molar-refractivity contribution in [1.29, 1.82) is 0 Å². The van der Waals surface area contributed by atoms with Crippen LogP contribution in [-0.2, 0) is 6.54 Å². The average Bonchev–Trinajstić information content (AvgIpc) is 2.89. The first-order valence-electron chi connectivity index (χ1n) is 8.97. The predicted octanol–water partition coefficient (Wildman–Crippen LogP) is 3.80. The molecule has 120 valence electrons. The molecule has 2 atom stereocenters. The fourth-order valence-electron chi connectivity index (χ4n) is 4.78. The van der Waals surface area contributed by atoms with Crippen LogP contribution in [0.5, 0.6) is 0 Å². The summed E-state index contributed by atoms with van der Waals surface area (Å²) in [7, 11) is 0. The highest BCUT2D eigenvalue weighted by molar-refractivity contribution is 6.30. The Kier molecular flexibility index (Phi) is 4.43. The van der Waals surface area contributed by atoms with Crippen molar-refractivity contribution in [2.75, 3.05) is 26.2 Å². The van der Waals surface area contributed by atoms with Crippen molar-refractivity contribution in [2.45, 2.75) is 32.2 Å². The lowest BCUT2D eigenvalue weighted by Gasteiger charge is -2.23. The highest BCUT2D eigenvalue weighted by Crippen LogP contribution is 2.51. The van der Waals surface area contributed by atoms with Gasteiger partial charge in [0.05, 0.1) is 0 Å². The summed E-state index contributed by atoms with van der Waals surface area (Å²) in [6.45, 7) is 6.24. The number of nitrogens with zero attached hydrogens (tertiary/aromatic N) is 1. The van der Waals surface area contributed by atoms with Gasteiger partial charge < -0.3 is 10.2 Å². The van der Waals surface area contributed by atoms with Crippen LogP contribution in [0.25, 0.3) is 0 Å². The largest absolute Gasteiger partial charge is 0.312 e. The second kappa shape index (κ2) is 6.51. The number of halogens is 1. The Morgan fingerprint density at radius 1 is 1.14 bits per heavy atom. The van der Waals surface area contributed by atoms with E-state index in [1.54, 1.807) is 0 Å². The number of nitrogens with one attached hydrogen (secondary N) is 1. The van der Waals surface area contributed by atoms with E-state index in [4.69, 9.17) is 11.6 Å². The van der Waals surface area contributed by atoms with Gasteiger partial charge in [-0.05, 0) is 60.8 Å². The van der Waals surface area contributed by atoms with Crippen molar-refractivity contribution < 1.29 is 0 Å². The molecule has 4 rings (SSSR count). The standard InChI is InChI=1S/C19H27ClN2/c20-16-7-3-6-15(8-16)9-21-10-17-18-12-22(13-19(17)18)11-14-4-1-2-5-14/h3,6-8,14,17-19,21H,1-2,4-5,9-13H2. The molecule has 2 unspecified atom stereocenters. The maximum atomic E-state index is 6.03. The maximum Gasteiger partial charge on any atom is 0.0409 e. The molecule has 22 heavy (non-hydrogen) atoms. The van der Waals surface area contributed by atoms with E-state index in [1.807, 2.05) is 12.1 Å². The van der Waals surface area contributed by atoms with Gasteiger partial charge in [-0.25, -0.2) is 0 Å². The van der Waals surface area contributed by atoms with Crippen LogP contribution in [0.15, 0.2) is 24.3 Å². The first-order chi connectivity index (χ1) is 10.8. The van der Waals surface area contributed by atoms with Gasteiger partial charge in [-0.15, -0.1) is 0 Å². The van der Waals surface area contributed by atoms with Crippen molar-refractivity contribution in [3.8, 4) is 0 Å². The number of likely N-dealkylation sites (tertiary alicyclic amines) is 1. The lowest BCUT2D eigenvalue weighted by Crippen LogP contribution is -2.31. The fraction of sp³-hybridized carbons (Fsp3) is 0.684. The van der Waals surface area contributed by atoms with Gasteiger partial charge >= 0.3 is 0 Å². The van der Waals surface area contributed by atoms with E-state index in [0.717, 1.165) is 35.2 Å². The number of hydrogen-bond acceptors (Lipinski definition) is 2. The van der Waals surface area contributed by atoms with Crippen molar-refractivity contribution >= 4 is 11.6 Å². The van der Waals surface area contributed by atoms with Crippen LogP contribution >= 0.6 is 11.6 Å². The number of piperidine rings is 1. The van der Waals surface area contributed by atoms with Crippen LogP contribution in [0.3, 0.4) is 0 Å². The molecule has 0 amide bonds. The van der Waals surface area contributed by atoms with Gasteiger partial charge in [0.15, 0.2) is 0 Å². The highest BCUT2D eigenvalue weighted by atomic mass is 35.5. The van der Waals surface area contributed by atoms with Gasteiger partial charge in [-0.1, -0.05) is 36.6 Å². The second-order valence-electron chi connectivity index (χ2n) is 7.62. The number of rotatable bonds is 6. The SMILES string of the molecule is Clc1cccc(CNCC2C3CN(CC4CCCC4)CC23)c1. The monoisotopic (exact) mass is 318 g/mol. The second-order valence-corrected chi connectivity index (χ2v) is 8.06. The molecule has 2 saturated carbocycles. The lowest BCUT2D eigenvalue weighted by molar-refractivity contribution is 0.241. The van der Waals surface area contributed by atoms with Gasteiger partial charge in [0.25, 0.3) is 0 Å². The Balaban J connectivity index is 1.16. The van der Waals surface area contributed by atoms with E-state index >= 15 is 0 Å². The average molecular weight is 319 g/mol. The molecule has 3 fully saturated rings. The summed E-state index contributed by atoms with van der Waals surface area (Å²) in [5.74, 6) is 3.90. The van der Waals surface area contributed by atoms with Gasteiger partial charge in [-0.2, -0.15) is 0 Å². The zero-order valence-corrected chi connectivity index (χ0v) is 14.1. The molecule has 1 heterocycles. The summed E-state index contributed by atoms with van der Waals surface area (Å²) in [5, 5.41) is 4.47. The fourth-order valence-corrected chi connectivity index (χ4v) is 4.99. The minimum absolute atomic E-state index is 0.838. The molecule has 0 aromatic heterocycles. The third kappa shape index (κ3) is 3.34. The van der Waals surface area contributed by atoms with Crippen molar-refractivity contribution in [3.05, 3.63) is 34.9 Å². The minimum atomic E-state index is 0.838. The topological polar surface area (TPSA) is 15.3 Å². The molecule has 1 aromatic rings. The van der Waals surface area contributed by atoms with Gasteiger partial charge in [-0.3, -0.25) is 0 Å². The lowest BCUT2D eigenvalue weighted by atomic mass is 10.1. The molecule has 2 aliphatic carbocycles. The van der Waals surface area contributed by atoms with Crippen molar-refractivity contribution in [3.63, 3.8) is 0 Å². The number of fused-ring (bicyclic) bond motifs is 1. The molecule has 1 aliphatic heterocycles. The molecule has 3 aliphatic rings. The molecule has 2 nitrogen and oxygen atoms in total. The van der Waals surface area contributed by atoms with Crippen LogP contribution in [0, 0.1) is 23.7 Å². The van der Waals surface area contributed by atoms with Crippen LogP contribution in [0.4, 0.5) is 0 Å². The first-order valence-corrected chi connectivity index (χ1v) is 9.35. The third-order valence-corrected chi connectivity index (χ3v) is 6.27. The van der Waals surface area contributed by atoms with E-state index < -0.39 is 0 Å². The van der Waals surface area contributed by atoms with E-state index in [0.29, 0.717) is 0 Å². The number of benzene rings is 1. The first kappa shape index (κ1) is 15.0. The van der Waals surface area contributed by atoms with Crippen molar-refractivity contribution in [1.82, 2.24) is 10.2 Å². The van der Waals surface area contributed by atoms with Crippen LogP contribution in [0.1, 0.15) is 31.2 Å². The Hall–Kier alpha value is -0.570. The zero-order valence-electron chi connectivity index (χ0n) is 13.3. The summed E-state index contributed by atoms with van der Waals surface area (Å²) >= 11 is 6.03. The molecule has 1 N–H and O–H groups in total. The molecule has 0 bridgehead atoms. The Labute approximate surface area is 139 Å². The Morgan fingerprint density at radius 2 is 1.91 bits per heavy atom. The Bertz CT molecular complexity index is 500. The predicted molar refractivity (Wildman–Crippen MR) is 92.0 cm³/mol. The maximum absolute atomic E-state index is 6.03. The van der Waals surface area contributed by atoms with Gasteiger partial charge in [0.1, 0.15) is 0 Å². The van der Waals surface area contributed by atoms with E-state index in [-0.39, 0.29) is 0 Å². The van der Waals surface area contributed by atoms with Crippen LogP contribution in [-0.4, -0.2) is 31.1 Å². The molecule has 1 aromatic carbocycles. The van der Waals surface area contributed by atoms with E-state index in [1.165, 1.54) is 57.4 Å². The molecule has 1 saturated heterocycles. The summed E-state index contributed by atoms with van der Waals surface area (Å²) < 4.78 is 0. The third-order valence-electron chi connectivity index (χ3n) is 6.04. The minimum Gasteiger partial charge on any atom is -0.312 e. The molecular formula is C19H27ClN2. The summed E-state index contributed by atoms with van der Waals surface area (Å²) in [6.07, 6.45) is 5.91. The Morgan fingerprint density at radius 3 is 2.64 bits per heavy atom. The molecule has 0 radical (unpaired) electrons. The summed E-state index contributed by atoms with van der Waals surface area (Å²) in [6, 6.07) is 8.18. The van der Waals surface area contributed by atoms with E-state index in [2.05, 4.69) is 22.3 Å². The molecule has 0 spiro atoms. The molecule has 3 heteroatoms. The van der Waals surface area contributed by atoms with Crippen LogP contribution in [0.2, 0.25) is 5.02 Å². The van der Waals surface area contributed by atoms with Gasteiger partial charge in [0, 0.05) is 31.2 Å². The summed E-state index contributed by atoms with van der Waals surface area (Å²) in [4.78, 5) is 2.75. The zero-order chi connectivity index (χ0) is 14.9. The molecular weight excluding hydrogens is 292 g/mol. The highest BCUT2D eigenvalue weighted by Gasteiger charge is 2.54. The van der Waals surface area contributed by atoms with Crippen molar-refractivity contribution in [2.24, 2.45) is 23.7 Å².